The molecule has 0 radical (unpaired) electrons. The van der Waals surface area contributed by atoms with Crippen molar-refractivity contribution in [3.63, 3.8) is 0 Å². The molecule has 0 unspecified atom stereocenters. The van der Waals surface area contributed by atoms with Gasteiger partial charge in [0, 0.05) is 36.6 Å². The van der Waals surface area contributed by atoms with Crippen molar-refractivity contribution in [2.45, 2.75) is 27.3 Å². The monoisotopic (exact) mass is 393 g/mol. The summed E-state index contributed by atoms with van der Waals surface area (Å²) in [4.78, 5) is 30.4. The van der Waals surface area contributed by atoms with E-state index in [1.165, 1.54) is 16.9 Å². The lowest BCUT2D eigenvalue weighted by Crippen LogP contribution is -2.27. The quantitative estimate of drug-likeness (QED) is 0.658. The van der Waals surface area contributed by atoms with E-state index in [9.17, 15) is 9.59 Å². The van der Waals surface area contributed by atoms with Crippen LogP contribution >= 0.6 is 11.3 Å². The first-order valence-electron chi connectivity index (χ1n) is 9.14. The summed E-state index contributed by atoms with van der Waals surface area (Å²) in [5, 5.41) is 5.48. The summed E-state index contributed by atoms with van der Waals surface area (Å²) < 4.78 is 0. The van der Waals surface area contributed by atoms with Gasteiger partial charge in [-0.25, -0.2) is 4.98 Å². The number of amides is 2. The molecule has 0 aliphatic heterocycles. The summed E-state index contributed by atoms with van der Waals surface area (Å²) in [6.45, 7) is 6.70. The van der Waals surface area contributed by atoms with Crippen molar-refractivity contribution >= 4 is 28.8 Å². The minimum atomic E-state index is -0.245. The third-order valence-electron chi connectivity index (χ3n) is 4.42. The summed E-state index contributed by atoms with van der Waals surface area (Å²) in [5.74, 6) is -0.214. The number of hydrogen-bond donors (Lipinski definition) is 1. The molecular weight excluding hydrogens is 370 g/mol. The molecule has 0 fully saturated rings. The first-order chi connectivity index (χ1) is 13.5. The second-order valence-corrected chi connectivity index (χ2v) is 7.45. The van der Waals surface area contributed by atoms with E-state index in [1.54, 1.807) is 17.2 Å². The number of carbonyl (C=O) groups is 2. The molecule has 0 spiro atoms. The van der Waals surface area contributed by atoms with E-state index < -0.39 is 0 Å². The van der Waals surface area contributed by atoms with Crippen LogP contribution in [0.15, 0.2) is 53.9 Å². The fourth-order valence-electron chi connectivity index (χ4n) is 2.82. The van der Waals surface area contributed by atoms with Crippen LogP contribution in [0.25, 0.3) is 10.6 Å². The number of anilines is 1. The Morgan fingerprint density at radius 2 is 1.89 bits per heavy atom. The molecule has 1 N–H and O–H groups in total. The number of hydrogen-bond acceptors (Lipinski definition) is 4. The number of benzene rings is 2. The fourth-order valence-corrected chi connectivity index (χ4v) is 3.62. The molecule has 3 aromatic rings. The number of aryl methyl sites for hydroxylation is 1. The van der Waals surface area contributed by atoms with Gasteiger partial charge in [-0.1, -0.05) is 42.0 Å². The largest absolute Gasteiger partial charge is 0.339 e. The van der Waals surface area contributed by atoms with Gasteiger partial charge in [-0.15, -0.1) is 11.3 Å². The molecule has 0 aliphatic rings. The van der Waals surface area contributed by atoms with Gasteiger partial charge < -0.3 is 10.2 Å². The van der Waals surface area contributed by atoms with Gasteiger partial charge >= 0.3 is 0 Å². The van der Waals surface area contributed by atoms with Crippen LogP contribution < -0.4 is 5.32 Å². The molecule has 6 heteroatoms. The second-order valence-electron chi connectivity index (χ2n) is 6.59. The summed E-state index contributed by atoms with van der Waals surface area (Å²) in [7, 11) is 0. The van der Waals surface area contributed by atoms with Crippen LogP contribution in [-0.2, 0) is 11.3 Å². The van der Waals surface area contributed by atoms with Crippen LogP contribution in [0.5, 0.6) is 0 Å². The van der Waals surface area contributed by atoms with E-state index in [0.717, 1.165) is 16.1 Å². The maximum atomic E-state index is 12.6. The van der Waals surface area contributed by atoms with Crippen molar-refractivity contribution in [2.75, 3.05) is 11.9 Å². The minimum Gasteiger partial charge on any atom is -0.339 e. The van der Waals surface area contributed by atoms with Crippen LogP contribution in [0, 0.1) is 6.92 Å². The molecule has 2 aromatic carbocycles. The van der Waals surface area contributed by atoms with Gasteiger partial charge in [0.1, 0.15) is 10.7 Å². The lowest BCUT2D eigenvalue weighted by molar-refractivity contribution is -0.129. The topological polar surface area (TPSA) is 62.3 Å². The highest BCUT2D eigenvalue weighted by Gasteiger charge is 2.13. The number of carbonyl (C=O) groups excluding carboxylic acids is 2. The maximum Gasteiger partial charge on any atom is 0.275 e. The molecule has 0 aliphatic carbocycles. The van der Waals surface area contributed by atoms with E-state index in [-0.39, 0.29) is 11.8 Å². The standard InChI is InChI=1S/C22H23N3O2S/c1-4-25(16(3)26)13-17-6-5-7-19(12-17)23-21(27)20-14-28-22(24-20)18-10-8-15(2)9-11-18/h5-12,14H,4,13H2,1-3H3,(H,23,27). The predicted molar refractivity (Wildman–Crippen MR) is 113 cm³/mol. The Hall–Kier alpha value is -2.99. The van der Waals surface area contributed by atoms with Gasteiger partial charge in [-0.3, -0.25) is 9.59 Å². The van der Waals surface area contributed by atoms with Crippen molar-refractivity contribution in [2.24, 2.45) is 0 Å². The van der Waals surface area contributed by atoms with Gasteiger partial charge in [0.25, 0.3) is 5.91 Å². The van der Waals surface area contributed by atoms with Crippen LogP contribution in [0.4, 0.5) is 5.69 Å². The highest BCUT2D eigenvalue weighted by atomic mass is 32.1. The zero-order valence-electron chi connectivity index (χ0n) is 16.2. The van der Waals surface area contributed by atoms with Gasteiger partial charge in [0.15, 0.2) is 0 Å². The van der Waals surface area contributed by atoms with Gasteiger partial charge in [0.2, 0.25) is 5.91 Å². The highest BCUT2D eigenvalue weighted by molar-refractivity contribution is 7.13. The van der Waals surface area contributed by atoms with Gasteiger partial charge in [-0.05, 0) is 31.5 Å². The molecule has 0 saturated heterocycles. The zero-order chi connectivity index (χ0) is 20.1. The smallest absolute Gasteiger partial charge is 0.275 e. The average Bonchev–Trinajstić information content (AvgIpc) is 3.17. The van der Waals surface area contributed by atoms with Crippen molar-refractivity contribution < 1.29 is 9.59 Å². The molecule has 144 valence electrons. The SMILES string of the molecule is CCN(Cc1cccc(NC(=O)c2csc(-c3ccc(C)cc3)n2)c1)C(C)=O. The second kappa shape index (κ2) is 8.80. The molecular formula is C22H23N3O2S. The summed E-state index contributed by atoms with van der Waals surface area (Å²) in [6, 6.07) is 15.6. The van der Waals surface area contributed by atoms with Crippen LogP contribution in [0.1, 0.15) is 35.5 Å². The van der Waals surface area contributed by atoms with E-state index >= 15 is 0 Å². The third kappa shape index (κ3) is 4.84. The van der Waals surface area contributed by atoms with E-state index in [0.29, 0.717) is 24.5 Å². The molecule has 1 aromatic heterocycles. The lowest BCUT2D eigenvalue weighted by Gasteiger charge is -2.19. The van der Waals surface area contributed by atoms with Crippen LogP contribution in [-0.4, -0.2) is 28.2 Å². The number of nitrogens with one attached hydrogen (secondary N) is 1. The fraction of sp³-hybridized carbons (Fsp3) is 0.227. The Labute approximate surface area is 169 Å². The Balaban J connectivity index is 1.70. The summed E-state index contributed by atoms with van der Waals surface area (Å²) >= 11 is 1.45. The predicted octanol–water partition coefficient (Wildman–Crippen LogP) is 4.74. The van der Waals surface area contributed by atoms with E-state index in [1.807, 2.05) is 62.4 Å². The van der Waals surface area contributed by atoms with E-state index in [4.69, 9.17) is 0 Å². The minimum absolute atomic E-state index is 0.0306. The Morgan fingerprint density at radius 3 is 2.57 bits per heavy atom. The van der Waals surface area contributed by atoms with Gasteiger partial charge in [0.05, 0.1) is 0 Å². The Morgan fingerprint density at radius 1 is 1.14 bits per heavy atom. The molecule has 0 saturated carbocycles. The maximum absolute atomic E-state index is 12.6. The molecule has 28 heavy (non-hydrogen) atoms. The van der Waals surface area contributed by atoms with Crippen molar-refractivity contribution in [3.8, 4) is 10.6 Å². The van der Waals surface area contributed by atoms with Crippen LogP contribution in [0.3, 0.4) is 0 Å². The number of thiazole rings is 1. The first kappa shape index (κ1) is 19.8. The Kier molecular flexibility index (Phi) is 6.21. The molecule has 5 nitrogen and oxygen atoms in total. The van der Waals surface area contributed by atoms with Crippen molar-refractivity contribution in [3.05, 3.63) is 70.7 Å². The molecule has 0 atom stereocenters. The third-order valence-corrected chi connectivity index (χ3v) is 5.31. The average molecular weight is 394 g/mol. The van der Waals surface area contributed by atoms with E-state index in [2.05, 4.69) is 10.3 Å². The lowest BCUT2D eigenvalue weighted by atomic mass is 10.1. The molecule has 1 heterocycles. The van der Waals surface area contributed by atoms with Crippen molar-refractivity contribution in [1.29, 1.82) is 0 Å². The van der Waals surface area contributed by atoms with Gasteiger partial charge in [-0.2, -0.15) is 0 Å². The van der Waals surface area contributed by atoms with Crippen molar-refractivity contribution in [1.82, 2.24) is 9.88 Å². The molecule has 2 amide bonds. The number of aromatic nitrogens is 1. The molecule has 3 rings (SSSR count). The first-order valence-corrected chi connectivity index (χ1v) is 10.0. The highest BCUT2D eigenvalue weighted by Crippen LogP contribution is 2.24. The number of rotatable bonds is 6. The zero-order valence-corrected chi connectivity index (χ0v) is 17.0. The summed E-state index contributed by atoms with van der Waals surface area (Å²) in [6.07, 6.45) is 0. The molecule has 0 bridgehead atoms. The summed E-state index contributed by atoms with van der Waals surface area (Å²) in [5.41, 5.74) is 4.23. The van der Waals surface area contributed by atoms with Crippen LogP contribution in [0.2, 0.25) is 0 Å². The number of nitrogens with zero attached hydrogens (tertiary/aromatic N) is 2. The Bertz CT molecular complexity index is 979. The normalized spacial score (nSPS) is 10.5.